The summed E-state index contributed by atoms with van der Waals surface area (Å²) in [6, 6.07) is 0. The summed E-state index contributed by atoms with van der Waals surface area (Å²) in [5, 5.41) is 5.80. The monoisotopic (exact) mass is 305 g/mol. The summed E-state index contributed by atoms with van der Waals surface area (Å²) in [6.07, 6.45) is 8.74. The van der Waals surface area contributed by atoms with Gasteiger partial charge in [0.1, 0.15) is 0 Å². The van der Waals surface area contributed by atoms with Crippen molar-refractivity contribution < 1.29 is 0 Å². The molecule has 0 aromatic rings. The lowest BCUT2D eigenvalue weighted by atomic mass is 9.48. The van der Waals surface area contributed by atoms with Gasteiger partial charge in [0.15, 0.2) is 5.17 Å². The molecule has 1 heterocycles. The molecule has 4 heteroatoms. The highest BCUT2D eigenvalue weighted by Gasteiger charge is 2.53. The van der Waals surface area contributed by atoms with Crippen molar-refractivity contribution in [3.05, 3.63) is 0 Å². The zero-order valence-electron chi connectivity index (χ0n) is 13.5. The van der Waals surface area contributed by atoms with Crippen molar-refractivity contribution in [2.24, 2.45) is 33.3 Å². The Balaban J connectivity index is 1.54. The largest absolute Gasteiger partial charge is 0.256 e. The lowest BCUT2D eigenvalue weighted by Crippen LogP contribution is -2.52. The Labute approximate surface area is 132 Å². The molecular weight excluding hydrogens is 278 g/mol. The maximum absolute atomic E-state index is 4.80. The summed E-state index contributed by atoms with van der Waals surface area (Å²) < 4.78 is 0. The van der Waals surface area contributed by atoms with E-state index in [4.69, 9.17) is 10.1 Å². The lowest BCUT2D eigenvalue weighted by molar-refractivity contribution is -0.0126. The summed E-state index contributed by atoms with van der Waals surface area (Å²) >= 11 is 1.86. The Morgan fingerprint density at radius 1 is 1.10 bits per heavy atom. The van der Waals surface area contributed by atoms with E-state index in [0.717, 1.165) is 28.7 Å². The van der Waals surface area contributed by atoms with Gasteiger partial charge in [0, 0.05) is 11.2 Å². The first-order chi connectivity index (χ1) is 9.92. The smallest absolute Gasteiger partial charge is 0.178 e. The van der Waals surface area contributed by atoms with Crippen LogP contribution in [-0.2, 0) is 0 Å². The molecule has 0 unspecified atom stereocenters. The Bertz CT molecular complexity index is 465. The summed E-state index contributed by atoms with van der Waals surface area (Å²) in [7, 11) is 0. The van der Waals surface area contributed by atoms with Gasteiger partial charge in [0.05, 0.1) is 11.3 Å². The molecule has 5 rings (SSSR count). The molecule has 4 fully saturated rings. The molecule has 4 bridgehead atoms. The van der Waals surface area contributed by atoms with E-state index in [2.05, 4.69) is 26.2 Å². The minimum atomic E-state index is -0.0248. The second-order valence-electron chi connectivity index (χ2n) is 8.74. The van der Waals surface area contributed by atoms with Gasteiger partial charge in [0.2, 0.25) is 0 Å². The number of nitrogens with zero attached hydrogens (tertiary/aromatic N) is 2. The summed E-state index contributed by atoms with van der Waals surface area (Å²) in [5.41, 5.74) is 5.12. The number of thioether (sulfide) groups is 1. The Hall–Kier alpha value is -0.510. The van der Waals surface area contributed by atoms with E-state index in [1.165, 1.54) is 44.2 Å². The molecule has 0 radical (unpaired) electrons. The highest BCUT2D eigenvalue weighted by atomic mass is 32.2. The van der Waals surface area contributed by atoms with E-state index in [9.17, 15) is 0 Å². The first-order valence-electron chi connectivity index (χ1n) is 8.48. The number of hydrazone groups is 1. The van der Waals surface area contributed by atoms with Crippen LogP contribution >= 0.6 is 11.8 Å². The van der Waals surface area contributed by atoms with Gasteiger partial charge >= 0.3 is 0 Å². The molecule has 0 atom stereocenters. The van der Waals surface area contributed by atoms with Crippen LogP contribution < -0.4 is 5.43 Å². The lowest BCUT2D eigenvalue weighted by Gasteiger charge is -2.57. The number of amidine groups is 1. The molecule has 3 nitrogen and oxygen atoms in total. The number of aliphatic imine (C=N–C) groups is 1. The number of hydrogen-bond acceptors (Lipinski definition) is 3. The van der Waals surface area contributed by atoms with Gasteiger partial charge in [-0.1, -0.05) is 11.8 Å². The minimum Gasteiger partial charge on any atom is -0.256 e. The van der Waals surface area contributed by atoms with E-state index >= 15 is 0 Å². The molecule has 5 aliphatic rings. The number of nitrogens with one attached hydrogen (secondary N) is 1. The summed E-state index contributed by atoms with van der Waals surface area (Å²) in [6.45, 7) is 6.42. The second-order valence-corrected chi connectivity index (χ2v) is 9.71. The Morgan fingerprint density at radius 2 is 1.67 bits per heavy atom. The van der Waals surface area contributed by atoms with Gasteiger partial charge in [-0.15, -0.1) is 0 Å². The molecule has 0 amide bonds. The second kappa shape index (κ2) is 4.74. The van der Waals surface area contributed by atoms with E-state index in [1.807, 2.05) is 11.8 Å². The molecule has 116 valence electrons. The Kier molecular flexibility index (Phi) is 3.18. The van der Waals surface area contributed by atoms with Crippen LogP contribution in [0.2, 0.25) is 0 Å². The fraction of sp³-hybridized carbons (Fsp3) is 0.882. The zero-order chi connectivity index (χ0) is 14.7. The van der Waals surface area contributed by atoms with Crippen molar-refractivity contribution in [2.75, 3.05) is 5.75 Å². The number of rotatable bonds is 1. The van der Waals surface area contributed by atoms with Crippen LogP contribution in [0.15, 0.2) is 10.1 Å². The van der Waals surface area contributed by atoms with Crippen molar-refractivity contribution in [1.29, 1.82) is 0 Å². The molecule has 1 aliphatic heterocycles. The van der Waals surface area contributed by atoms with Gasteiger partial charge in [-0.25, -0.2) is 0 Å². The van der Waals surface area contributed by atoms with Crippen molar-refractivity contribution in [2.45, 2.75) is 64.8 Å². The van der Waals surface area contributed by atoms with Crippen LogP contribution in [0, 0.1) is 23.2 Å². The third-order valence-corrected chi connectivity index (χ3v) is 6.59. The first kappa shape index (κ1) is 14.1. The van der Waals surface area contributed by atoms with Gasteiger partial charge < -0.3 is 0 Å². The number of hydrogen-bond donors (Lipinski definition) is 1. The maximum atomic E-state index is 4.80. The summed E-state index contributed by atoms with van der Waals surface area (Å²) in [4.78, 5) is 4.71. The van der Waals surface area contributed by atoms with Gasteiger partial charge in [0.25, 0.3) is 0 Å². The summed E-state index contributed by atoms with van der Waals surface area (Å²) in [5.74, 6) is 4.03. The quantitative estimate of drug-likeness (QED) is 0.793. The van der Waals surface area contributed by atoms with Crippen LogP contribution in [0.5, 0.6) is 0 Å². The van der Waals surface area contributed by atoms with Gasteiger partial charge in [-0.05, 0) is 77.0 Å². The predicted molar refractivity (Wildman–Crippen MR) is 90.8 cm³/mol. The van der Waals surface area contributed by atoms with Crippen molar-refractivity contribution in [1.82, 2.24) is 5.43 Å². The molecule has 0 aromatic heterocycles. The van der Waals surface area contributed by atoms with Crippen molar-refractivity contribution >= 4 is 22.6 Å². The van der Waals surface area contributed by atoms with Crippen LogP contribution in [0.4, 0.5) is 0 Å². The van der Waals surface area contributed by atoms with E-state index in [0.29, 0.717) is 5.41 Å². The van der Waals surface area contributed by atoms with Crippen molar-refractivity contribution in [3.63, 3.8) is 0 Å². The fourth-order valence-corrected chi connectivity index (χ4v) is 6.51. The molecule has 4 aliphatic carbocycles. The Morgan fingerprint density at radius 3 is 2.10 bits per heavy atom. The molecule has 0 saturated heterocycles. The van der Waals surface area contributed by atoms with E-state index < -0.39 is 0 Å². The topological polar surface area (TPSA) is 36.8 Å². The standard InChI is InChI=1S/C17H27N3S/c1-16(2,3)18-15-20-19-14(10-21-15)17-7-11-4-12(8-17)6-13(5-11)9-17/h11-13H,4-10H2,1-3H3,(H,18,20). The fourth-order valence-electron chi connectivity index (χ4n) is 5.41. The normalized spacial score (nSPS) is 43.9. The average Bonchev–Trinajstić information content (AvgIpc) is 2.35. The van der Waals surface area contributed by atoms with E-state index in [-0.39, 0.29) is 5.54 Å². The minimum absolute atomic E-state index is 0.0248. The average molecular weight is 305 g/mol. The van der Waals surface area contributed by atoms with Crippen LogP contribution in [0.25, 0.3) is 0 Å². The maximum Gasteiger partial charge on any atom is 0.178 e. The zero-order valence-corrected chi connectivity index (χ0v) is 14.3. The highest BCUT2D eigenvalue weighted by molar-refractivity contribution is 8.14. The van der Waals surface area contributed by atoms with Gasteiger partial charge in [-0.2, -0.15) is 5.10 Å². The first-order valence-corrected chi connectivity index (χ1v) is 9.46. The molecular formula is C17H27N3S. The molecule has 21 heavy (non-hydrogen) atoms. The SMILES string of the molecule is CC(C)(C)N=C1NN=C(C23CC4CC(CC(C4)C2)C3)CS1. The molecule has 0 spiro atoms. The highest BCUT2D eigenvalue weighted by Crippen LogP contribution is 2.60. The van der Waals surface area contributed by atoms with Crippen LogP contribution in [0.1, 0.15) is 59.3 Å². The van der Waals surface area contributed by atoms with Crippen LogP contribution in [-0.4, -0.2) is 22.2 Å². The molecule has 4 saturated carbocycles. The van der Waals surface area contributed by atoms with Crippen LogP contribution in [0.3, 0.4) is 0 Å². The third-order valence-electron chi connectivity index (χ3n) is 5.72. The molecule has 0 aromatic carbocycles. The van der Waals surface area contributed by atoms with E-state index in [1.54, 1.807) is 0 Å². The van der Waals surface area contributed by atoms with Gasteiger partial charge in [-0.3, -0.25) is 10.4 Å². The molecule has 1 N–H and O–H groups in total. The third kappa shape index (κ3) is 2.64. The van der Waals surface area contributed by atoms with Crippen molar-refractivity contribution in [3.8, 4) is 0 Å². The predicted octanol–water partition coefficient (Wildman–Crippen LogP) is 4.05.